The number of nitrogens with zero attached hydrogens (tertiary/aromatic N) is 1. The highest BCUT2D eigenvalue weighted by Gasteiger charge is 2.07. The molecule has 0 unspecified atom stereocenters. The molecule has 0 bridgehead atoms. The largest absolute Gasteiger partial charge is 0.326 e. The van der Waals surface area contributed by atoms with Crippen LogP contribution >= 0.6 is 23.2 Å². The molecule has 26 heavy (non-hydrogen) atoms. The first-order valence-electron chi connectivity index (χ1n) is 7.99. The summed E-state index contributed by atoms with van der Waals surface area (Å²) in [6.07, 6.45) is 1.95. The standard InChI is InChI=1S/C20H16Cl2N2O2/c21-17-9-6-15(11-18(17)22)12-19(25)23-16-7-4-14(5-8-16)13-24-10-2-1-3-20(24)26/h1-11H,12-13H2,(H,23,25). The Morgan fingerprint density at radius 3 is 2.35 bits per heavy atom. The Morgan fingerprint density at radius 1 is 0.923 bits per heavy atom. The highest BCUT2D eigenvalue weighted by Crippen LogP contribution is 2.23. The van der Waals surface area contributed by atoms with Crippen LogP contribution in [0.25, 0.3) is 0 Å². The maximum absolute atomic E-state index is 12.2. The number of benzene rings is 2. The molecule has 1 aromatic heterocycles. The first kappa shape index (κ1) is 18.2. The number of hydrogen-bond donors (Lipinski definition) is 1. The highest BCUT2D eigenvalue weighted by atomic mass is 35.5. The van der Waals surface area contributed by atoms with Crippen LogP contribution in [0.4, 0.5) is 5.69 Å². The number of nitrogens with one attached hydrogen (secondary N) is 1. The fourth-order valence-corrected chi connectivity index (χ4v) is 2.84. The van der Waals surface area contributed by atoms with Gasteiger partial charge in [-0.1, -0.05) is 47.5 Å². The summed E-state index contributed by atoms with van der Waals surface area (Å²) < 4.78 is 1.62. The Bertz CT molecular complexity index is 982. The lowest BCUT2D eigenvalue weighted by Gasteiger charge is -2.08. The molecule has 0 aliphatic rings. The quantitative estimate of drug-likeness (QED) is 0.706. The zero-order valence-electron chi connectivity index (χ0n) is 13.8. The smallest absolute Gasteiger partial charge is 0.250 e. The van der Waals surface area contributed by atoms with E-state index in [1.54, 1.807) is 35.0 Å². The zero-order valence-corrected chi connectivity index (χ0v) is 15.3. The van der Waals surface area contributed by atoms with Crippen LogP contribution in [-0.4, -0.2) is 10.5 Å². The third-order valence-electron chi connectivity index (χ3n) is 3.84. The van der Waals surface area contributed by atoms with E-state index in [0.29, 0.717) is 22.3 Å². The lowest BCUT2D eigenvalue weighted by molar-refractivity contribution is -0.115. The number of carbonyl (C=O) groups is 1. The van der Waals surface area contributed by atoms with Crippen molar-refractivity contribution < 1.29 is 4.79 Å². The van der Waals surface area contributed by atoms with Crippen molar-refractivity contribution in [2.75, 3.05) is 5.32 Å². The zero-order chi connectivity index (χ0) is 18.5. The summed E-state index contributed by atoms with van der Waals surface area (Å²) in [4.78, 5) is 23.9. The van der Waals surface area contributed by atoms with Gasteiger partial charge in [-0.05, 0) is 41.5 Å². The summed E-state index contributed by atoms with van der Waals surface area (Å²) in [5.74, 6) is -0.143. The number of pyridine rings is 1. The molecule has 4 nitrogen and oxygen atoms in total. The number of amides is 1. The summed E-state index contributed by atoms with van der Waals surface area (Å²) in [5.41, 5.74) is 2.41. The van der Waals surface area contributed by atoms with Crippen molar-refractivity contribution in [1.29, 1.82) is 0 Å². The van der Waals surface area contributed by atoms with Crippen molar-refractivity contribution >= 4 is 34.8 Å². The van der Waals surface area contributed by atoms with Gasteiger partial charge in [0.05, 0.1) is 23.0 Å². The van der Waals surface area contributed by atoms with E-state index in [4.69, 9.17) is 23.2 Å². The van der Waals surface area contributed by atoms with Crippen LogP contribution in [-0.2, 0) is 17.8 Å². The lowest BCUT2D eigenvalue weighted by atomic mass is 10.1. The summed E-state index contributed by atoms with van der Waals surface area (Å²) in [6, 6.07) is 17.6. The first-order valence-corrected chi connectivity index (χ1v) is 8.75. The fraction of sp³-hybridized carbons (Fsp3) is 0.100. The third-order valence-corrected chi connectivity index (χ3v) is 4.58. The Hall–Kier alpha value is -2.56. The summed E-state index contributed by atoms with van der Waals surface area (Å²) in [6.45, 7) is 0.483. The van der Waals surface area contributed by atoms with Crippen LogP contribution in [0.3, 0.4) is 0 Å². The second-order valence-corrected chi connectivity index (χ2v) is 6.65. The van der Waals surface area contributed by atoms with E-state index in [1.165, 1.54) is 6.07 Å². The maximum Gasteiger partial charge on any atom is 0.250 e. The van der Waals surface area contributed by atoms with E-state index in [9.17, 15) is 9.59 Å². The van der Waals surface area contributed by atoms with Crippen molar-refractivity contribution in [1.82, 2.24) is 4.57 Å². The van der Waals surface area contributed by atoms with Crippen molar-refractivity contribution in [2.24, 2.45) is 0 Å². The Morgan fingerprint density at radius 2 is 1.65 bits per heavy atom. The molecule has 1 amide bonds. The van der Waals surface area contributed by atoms with Crippen molar-refractivity contribution in [3.8, 4) is 0 Å². The van der Waals surface area contributed by atoms with Crippen molar-refractivity contribution in [3.05, 3.63) is 98.4 Å². The predicted molar refractivity (Wildman–Crippen MR) is 105 cm³/mol. The van der Waals surface area contributed by atoms with Crippen LogP contribution < -0.4 is 10.9 Å². The second kappa shape index (κ2) is 8.21. The van der Waals surface area contributed by atoms with Crippen molar-refractivity contribution in [2.45, 2.75) is 13.0 Å². The number of carbonyl (C=O) groups excluding carboxylic acids is 1. The highest BCUT2D eigenvalue weighted by molar-refractivity contribution is 6.42. The molecule has 6 heteroatoms. The normalized spacial score (nSPS) is 10.5. The van der Waals surface area contributed by atoms with Gasteiger partial charge in [0.1, 0.15) is 0 Å². The molecule has 1 N–H and O–H groups in total. The molecule has 3 rings (SSSR count). The van der Waals surface area contributed by atoms with E-state index in [-0.39, 0.29) is 17.9 Å². The van der Waals surface area contributed by atoms with Gasteiger partial charge in [-0.15, -0.1) is 0 Å². The maximum atomic E-state index is 12.2. The minimum absolute atomic E-state index is 0.0495. The molecule has 0 aliphatic carbocycles. The SMILES string of the molecule is O=C(Cc1ccc(Cl)c(Cl)c1)Nc1ccc(Cn2ccccc2=O)cc1. The Balaban J connectivity index is 1.61. The third kappa shape index (κ3) is 4.75. The lowest BCUT2D eigenvalue weighted by Crippen LogP contribution is -2.18. The Kier molecular flexibility index (Phi) is 5.76. The van der Waals surface area contributed by atoms with Gasteiger partial charge in [-0.3, -0.25) is 9.59 Å². The molecule has 0 radical (unpaired) electrons. The van der Waals surface area contributed by atoms with Crippen LogP contribution in [0.15, 0.2) is 71.7 Å². The van der Waals surface area contributed by atoms with Crippen LogP contribution in [0, 0.1) is 0 Å². The van der Waals surface area contributed by atoms with E-state index >= 15 is 0 Å². The molecule has 0 fully saturated rings. The van der Waals surface area contributed by atoms with E-state index in [0.717, 1.165) is 11.1 Å². The van der Waals surface area contributed by atoms with Gasteiger partial charge >= 0.3 is 0 Å². The van der Waals surface area contributed by atoms with Gasteiger partial charge in [0, 0.05) is 18.0 Å². The molecule has 0 saturated carbocycles. The van der Waals surface area contributed by atoms with Gasteiger partial charge in [0.15, 0.2) is 0 Å². The minimum atomic E-state index is -0.143. The molecular weight excluding hydrogens is 371 g/mol. The summed E-state index contributed by atoms with van der Waals surface area (Å²) >= 11 is 11.8. The minimum Gasteiger partial charge on any atom is -0.326 e. The Labute approximate surface area is 161 Å². The number of rotatable bonds is 5. The summed E-state index contributed by atoms with van der Waals surface area (Å²) in [5, 5.41) is 3.73. The molecule has 0 aliphatic heterocycles. The number of anilines is 1. The molecule has 0 saturated heterocycles. The molecule has 2 aromatic carbocycles. The number of hydrogen-bond acceptors (Lipinski definition) is 2. The predicted octanol–water partition coefficient (Wildman–Crippen LogP) is 4.38. The molecular formula is C20H16Cl2N2O2. The monoisotopic (exact) mass is 386 g/mol. The van der Waals surface area contributed by atoms with Gasteiger partial charge in [0.2, 0.25) is 5.91 Å². The number of halogens is 2. The molecule has 0 atom stereocenters. The molecule has 3 aromatic rings. The van der Waals surface area contributed by atoms with Crippen LogP contribution in [0.2, 0.25) is 10.0 Å². The van der Waals surface area contributed by atoms with E-state index in [1.807, 2.05) is 30.3 Å². The first-order chi connectivity index (χ1) is 12.5. The number of aromatic nitrogens is 1. The van der Waals surface area contributed by atoms with Gasteiger partial charge in [-0.2, -0.15) is 0 Å². The molecule has 132 valence electrons. The van der Waals surface area contributed by atoms with Crippen LogP contribution in [0.5, 0.6) is 0 Å². The van der Waals surface area contributed by atoms with Gasteiger partial charge in [-0.25, -0.2) is 0 Å². The van der Waals surface area contributed by atoms with Gasteiger partial charge in [0.25, 0.3) is 5.56 Å². The average Bonchev–Trinajstić information content (AvgIpc) is 2.62. The van der Waals surface area contributed by atoms with E-state index in [2.05, 4.69) is 5.32 Å². The molecule has 0 spiro atoms. The average molecular weight is 387 g/mol. The fourth-order valence-electron chi connectivity index (χ4n) is 2.52. The van der Waals surface area contributed by atoms with Crippen molar-refractivity contribution in [3.63, 3.8) is 0 Å². The van der Waals surface area contributed by atoms with E-state index < -0.39 is 0 Å². The summed E-state index contributed by atoms with van der Waals surface area (Å²) in [7, 11) is 0. The second-order valence-electron chi connectivity index (χ2n) is 5.84. The van der Waals surface area contributed by atoms with Gasteiger partial charge < -0.3 is 9.88 Å². The molecule has 1 heterocycles. The van der Waals surface area contributed by atoms with Crippen LogP contribution in [0.1, 0.15) is 11.1 Å². The topological polar surface area (TPSA) is 51.1 Å².